The lowest BCUT2D eigenvalue weighted by Gasteiger charge is -2.26. The normalized spacial score (nSPS) is 17.0. The van der Waals surface area contributed by atoms with Crippen LogP contribution in [0.5, 0.6) is 0 Å². The monoisotopic (exact) mass is 510 g/mol. The van der Waals surface area contributed by atoms with Crippen LogP contribution in [0.4, 0.5) is 13.2 Å². The fraction of sp³-hybridized carbons (Fsp3) is 0.259. The minimum absolute atomic E-state index is 0.0516. The number of H-pyrrole nitrogens is 1. The van der Waals surface area contributed by atoms with Crippen molar-refractivity contribution in [2.24, 2.45) is 10.2 Å². The second-order valence-corrected chi connectivity index (χ2v) is 8.70. The molecule has 10 heteroatoms. The summed E-state index contributed by atoms with van der Waals surface area (Å²) in [7, 11) is 1.42. The van der Waals surface area contributed by atoms with Gasteiger partial charge in [-0.05, 0) is 40.8 Å². The molecular weight excluding hydrogens is 485 g/mol. The van der Waals surface area contributed by atoms with Crippen LogP contribution in [0.1, 0.15) is 27.8 Å². The highest BCUT2D eigenvalue weighted by Crippen LogP contribution is 2.34. The molecule has 1 unspecified atom stereocenters. The number of carbonyl (C=O) groups excluding carboxylic acids is 1. The summed E-state index contributed by atoms with van der Waals surface area (Å²) < 4.78 is 45.3. The van der Waals surface area contributed by atoms with Crippen molar-refractivity contribution in [1.29, 1.82) is 0 Å². The highest BCUT2D eigenvalue weighted by molar-refractivity contribution is 5.91. The van der Waals surface area contributed by atoms with E-state index < -0.39 is 23.2 Å². The van der Waals surface area contributed by atoms with Crippen molar-refractivity contribution < 1.29 is 22.7 Å². The molecule has 1 aliphatic rings. The van der Waals surface area contributed by atoms with Gasteiger partial charge in [0.2, 0.25) is 5.54 Å². The molecule has 0 aliphatic carbocycles. The fourth-order valence-corrected chi connectivity index (χ4v) is 4.23. The number of amides is 1. The molecule has 1 amide bonds. The predicted molar refractivity (Wildman–Crippen MR) is 131 cm³/mol. The molecule has 4 rings (SSSR count). The summed E-state index contributed by atoms with van der Waals surface area (Å²) in [5, 5.41) is 10.7. The summed E-state index contributed by atoms with van der Waals surface area (Å²) in [4.78, 5) is 27.9. The number of aromatic amines is 1. The van der Waals surface area contributed by atoms with E-state index in [9.17, 15) is 22.8 Å². The number of nitrogens with zero attached hydrogens (tertiary/aromatic N) is 2. The van der Waals surface area contributed by atoms with Crippen LogP contribution in [0.15, 0.2) is 93.7 Å². The van der Waals surface area contributed by atoms with Gasteiger partial charge < -0.3 is 15.0 Å². The fourth-order valence-electron chi connectivity index (χ4n) is 4.23. The Balaban J connectivity index is 1.48. The van der Waals surface area contributed by atoms with Crippen LogP contribution in [-0.4, -0.2) is 30.1 Å². The number of benzene rings is 2. The summed E-state index contributed by atoms with van der Waals surface area (Å²) in [6.45, 7) is -0.444. The number of halogens is 3. The first-order valence-corrected chi connectivity index (χ1v) is 11.5. The number of methoxy groups -OCH3 is 1. The number of nitrogens with one attached hydrogen (secondary N) is 2. The van der Waals surface area contributed by atoms with Crippen LogP contribution < -0.4 is 10.9 Å². The van der Waals surface area contributed by atoms with E-state index >= 15 is 0 Å². The van der Waals surface area contributed by atoms with E-state index in [1.165, 1.54) is 31.5 Å². The van der Waals surface area contributed by atoms with Crippen LogP contribution >= 0.6 is 0 Å². The Morgan fingerprint density at radius 3 is 2.35 bits per heavy atom. The molecule has 37 heavy (non-hydrogen) atoms. The number of hydrogen-bond acceptors (Lipinski definition) is 5. The van der Waals surface area contributed by atoms with E-state index in [1.54, 1.807) is 18.3 Å². The van der Waals surface area contributed by atoms with Gasteiger partial charge >= 0.3 is 6.18 Å². The minimum atomic E-state index is -4.54. The summed E-state index contributed by atoms with van der Waals surface area (Å²) in [5.41, 5.74) is 0.537. The SMILES string of the molecule is COCC1(C(=O)NCc2ccccc2C(F)(F)F)N=NC=C1Cc1ccc(Cc2ccc[nH]c2=O)cc1. The van der Waals surface area contributed by atoms with Gasteiger partial charge in [0.15, 0.2) is 0 Å². The van der Waals surface area contributed by atoms with Gasteiger partial charge in [-0.15, -0.1) is 0 Å². The molecule has 0 spiro atoms. The Bertz CT molecular complexity index is 1380. The van der Waals surface area contributed by atoms with Crippen molar-refractivity contribution in [3.63, 3.8) is 0 Å². The van der Waals surface area contributed by atoms with E-state index in [-0.39, 0.29) is 24.3 Å². The van der Waals surface area contributed by atoms with Crippen LogP contribution in [0.25, 0.3) is 0 Å². The third-order valence-corrected chi connectivity index (χ3v) is 6.18. The maximum absolute atomic E-state index is 13.4. The number of aromatic nitrogens is 1. The summed E-state index contributed by atoms with van der Waals surface area (Å²) in [5.74, 6) is -0.598. The zero-order chi connectivity index (χ0) is 26.5. The maximum Gasteiger partial charge on any atom is 0.416 e. The number of alkyl halides is 3. The first-order chi connectivity index (χ1) is 17.7. The third kappa shape index (κ3) is 5.86. The molecule has 0 fully saturated rings. The molecule has 192 valence electrons. The Morgan fingerprint density at radius 1 is 1.00 bits per heavy atom. The molecule has 2 heterocycles. The molecule has 2 N–H and O–H groups in total. The first kappa shape index (κ1) is 26.0. The van der Waals surface area contributed by atoms with E-state index in [1.807, 2.05) is 24.3 Å². The Hall–Kier alpha value is -4.05. The van der Waals surface area contributed by atoms with Gasteiger partial charge in [-0.3, -0.25) is 9.59 Å². The molecule has 1 aromatic heterocycles. The lowest BCUT2D eigenvalue weighted by molar-refractivity contribution is -0.138. The van der Waals surface area contributed by atoms with Gasteiger partial charge in [-0.1, -0.05) is 48.5 Å². The topological polar surface area (TPSA) is 95.9 Å². The molecule has 2 aromatic carbocycles. The van der Waals surface area contributed by atoms with Crippen LogP contribution in [-0.2, 0) is 35.1 Å². The second-order valence-electron chi connectivity index (χ2n) is 8.70. The van der Waals surface area contributed by atoms with Gasteiger partial charge in [-0.2, -0.15) is 23.4 Å². The number of hydrogen-bond donors (Lipinski definition) is 2. The zero-order valence-corrected chi connectivity index (χ0v) is 20.0. The van der Waals surface area contributed by atoms with Crippen molar-refractivity contribution in [2.45, 2.75) is 31.1 Å². The average molecular weight is 511 g/mol. The van der Waals surface area contributed by atoms with Crippen LogP contribution in [0.3, 0.4) is 0 Å². The highest BCUT2D eigenvalue weighted by atomic mass is 19.4. The summed E-state index contributed by atoms with van der Waals surface area (Å²) in [6, 6.07) is 16.2. The molecule has 0 saturated carbocycles. The van der Waals surface area contributed by atoms with E-state index in [0.29, 0.717) is 24.0 Å². The third-order valence-electron chi connectivity index (χ3n) is 6.18. The lowest BCUT2D eigenvalue weighted by atomic mass is 9.86. The smallest absolute Gasteiger partial charge is 0.381 e. The van der Waals surface area contributed by atoms with Gasteiger partial charge in [0.1, 0.15) is 0 Å². The zero-order valence-electron chi connectivity index (χ0n) is 20.0. The molecule has 1 aliphatic heterocycles. The van der Waals surface area contributed by atoms with Crippen LogP contribution in [0, 0.1) is 0 Å². The summed E-state index contributed by atoms with van der Waals surface area (Å²) in [6.07, 6.45) is -0.671. The standard InChI is InChI=1S/C27H25F3N4O3/c1-37-17-26(25(36)32-15-21-5-2-3-7-23(21)27(28,29)30)22(16-33-34-26)14-19-10-8-18(9-11-19)13-20-6-4-12-31-24(20)35/h2-12,16H,13-15,17H2,1H3,(H,31,35)(H,32,36). The van der Waals surface area contributed by atoms with E-state index in [0.717, 1.165) is 17.2 Å². The average Bonchev–Trinajstić information content (AvgIpc) is 3.28. The highest BCUT2D eigenvalue weighted by Gasteiger charge is 2.45. The maximum atomic E-state index is 13.4. The van der Waals surface area contributed by atoms with Gasteiger partial charge in [0.25, 0.3) is 11.5 Å². The van der Waals surface area contributed by atoms with E-state index in [4.69, 9.17) is 4.74 Å². The molecule has 0 bridgehead atoms. The number of azo groups is 1. The molecule has 0 saturated heterocycles. The van der Waals surface area contributed by atoms with Crippen molar-refractivity contribution in [2.75, 3.05) is 13.7 Å². The number of pyridine rings is 1. The van der Waals surface area contributed by atoms with Crippen molar-refractivity contribution in [1.82, 2.24) is 10.3 Å². The van der Waals surface area contributed by atoms with Crippen molar-refractivity contribution in [3.05, 3.63) is 117 Å². The predicted octanol–water partition coefficient (Wildman–Crippen LogP) is 4.58. The first-order valence-electron chi connectivity index (χ1n) is 11.5. The van der Waals surface area contributed by atoms with Gasteiger partial charge in [0.05, 0.1) is 18.4 Å². The summed E-state index contributed by atoms with van der Waals surface area (Å²) >= 11 is 0. The molecule has 3 aromatic rings. The van der Waals surface area contributed by atoms with Gasteiger partial charge in [0, 0.05) is 31.8 Å². The van der Waals surface area contributed by atoms with Crippen LogP contribution in [0.2, 0.25) is 0 Å². The van der Waals surface area contributed by atoms with Gasteiger partial charge in [-0.25, -0.2) is 0 Å². The number of rotatable bonds is 9. The van der Waals surface area contributed by atoms with E-state index in [2.05, 4.69) is 20.5 Å². The lowest BCUT2D eigenvalue weighted by Crippen LogP contribution is -2.49. The Labute approximate surface area is 211 Å². The second kappa shape index (κ2) is 10.9. The number of ether oxygens (including phenoxy) is 1. The molecule has 0 radical (unpaired) electrons. The molecule has 1 atom stereocenters. The Morgan fingerprint density at radius 2 is 1.68 bits per heavy atom. The van der Waals surface area contributed by atoms with Crippen molar-refractivity contribution in [3.8, 4) is 0 Å². The quantitative estimate of drug-likeness (QED) is 0.441. The molecular formula is C27H25F3N4O3. The molecule has 7 nitrogen and oxygen atoms in total. The number of carbonyl (C=O) groups is 1. The van der Waals surface area contributed by atoms with Crippen molar-refractivity contribution >= 4 is 5.91 Å². The largest absolute Gasteiger partial charge is 0.416 e. The minimum Gasteiger partial charge on any atom is -0.381 e. The Kier molecular flexibility index (Phi) is 7.68.